The molecule has 0 aliphatic rings. The van der Waals surface area contributed by atoms with Crippen LogP contribution in [0.3, 0.4) is 0 Å². The van der Waals surface area contributed by atoms with Gasteiger partial charge in [0, 0.05) is 0 Å². The Morgan fingerprint density at radius 3 is 2.69 bits per heavy atom. The monoisotopic (exact) mass is 202 g/mol. The maximum atomic E-state index is 10.6. The molecule has 70 valence electrons. The second-order valence-corrected chi connectivity index (χ2v) is 2.49. The number of esters is 1. The molecule has 0 amide bonds. The summed E-state index contributed by atoms with van der Waals surface area (Å²) in [6.07, 6.45) is 2.75. The van der Waals surface area contributed by atoms with Gasteiger partial charge in [-0.2, -0.15) is 0 Å². The van der Waals surface area contributed by atoms with Gasteiger partial charge in [-0.25, -0.2) is 14.8 Å². The standard InChI is InChI=1S/C7H7ClN2O3/c1-12-6(11)4-13-7-9-2-5(8)3-10-7/h2-3H,4H2,1H3. The van der Waals surface area contributed by atoms with Crippen molar-refractivity contribution in [3.05, 3.63) is 17.4 Å². The Hall–Kier alpha value is -1.36. The predicted molar refractivity (Wildman–Crippen MR) is 44.6 cm³/mol. The number of nitrogens with zero attached hydrogens (tertiary/aromatic N) is 2. The molecule has 0 aliphatic carbocycles. The van der Waals surface area contributed by atoms with Crippen molar-refractivity contribution in [2.75, 3.05) is 13.7 Å². The van der Waals surface area contributed by atoms with E-state index < -0.39 is 5.97 Å². The fourth-order valence-corrected chi connectivity index (χ4v) is 0.655. The summed E-state index contributed by atoms with van der Waals surface area (Å²) in [5, 5.41) is 0.408. The quantitative estimate of drug-likeness (QED) is 0.675. The van der Waals surface area contributed by atoms with E-state index in [1.54, 1.807) is 0 Å². The fraction of sp³-hybridized carbons (Fsp3) is 0.286. The summed E-state index contributed by atoms with van der Waals surface area (Å²) in [4.78, 5) is 18.0. The largest absolute Gasteiger partial charge is 0.466 e. The Bertz CT molecular complexity index is 288. The first-order valence-electron chi connectivity index (χ1n) is 3.39. The van der Waals surface area contributed by atoms with Crippen LogP contribution in [0.1, 0.15) is 0 Å². The second-order valence-electron chi connectivity index (χ2n) is 2.05. The van der Waals surface area contributed by atoms with Gasteiger partial charge in [0.25, 0.3) is 0 Å². The van der Waals surface area contributed by atoms with Crippen LogP contribution >= 0.6 is 11.6 Å². The fourth-order valence-electron chi connectivity index (χ4n) is 0.557. The molecule has 6 heteroatoms. The van der Waals surface area contributed by atoms with Crippen molar-refractivity contribution < 1.29 is 14.3 Å². The highest BCUT2D eigenvalue weighted by Gasteiger charge is 2.02. The van der Waals surface area contributed by atoms with Crippen molar-refractivity contribution in [3.8, 4) is 6.01 Å². The van der Waals surface area contributed by atoms with Crippen molar-refractivity contribution in [2.45, 2.75) is 0 Å². The summed E-state index contributed by atoms with van der Waals surface area (Å²) in [6, 6.07) is 0.0924. The first-order valence-corrected chi connectivity index (χ1v) is 3.77. The normalized spacial score (nSPS) is 9.38. The Balaban J connectivity index is 2.46. The molecule has 1 aromatic rings. The highest BCUT2D eigenvalue weighted by molar-refractivity contribution is 6.30. The third kappa shape index (κ3) is 3.25. The van der Waals surface area contributed by atoms with E-state index in [2.05, 4.69) is 14.7 Å². The molecular formula is C7H7ClN2O3. The predicted octanol–water partition coefficient (Wildman–Crippen LogP) is 0.682. The van der Waals surface area contributed by atoms with Crippen molar-refractivity contribution in [3.63, 3.8) is 0 Å². The minimum Gasteiger partial charge on any atom is -0.466 e. The molecule has 0 radical (unpaired) electrons. The van der Waals surface area contributed by atoms with E-state index >= 15 is 0 Å². The van der Waals surface area contributed by atoms with Gasteiger partial charge in [0.05, 0.1) is 24.5 Å². The third-order valence-electron chi connectivity index (χ3n) is 1.14. The zero-order chi connectivity index (χ0) is 9.68. The van der Waals surface area contributed by atoms with Gasteiger partial charge < -0.3 is 9.47 Å². The van der Waals surface area contributed by atoms with Gasteiger partial charge in [0.2, 0.25) is 0 Å². The van der Waals surface area contributed by atoms with Crippen LogP contribution in [-0.4, -0.2) is 29.7 Å². The number of hydrogen-bond acceptors (Lipinski definition) is 5. The highest BCUT2D eigenvalue weighted by atomic mass is 35.5. The number of carbonyl (C=O) groups excluding carboxylic acids is 1. The lowest BCUT2D eigenvalue weighted by atomic mass is 10.7. The van der Waals surface area contributed by atoms with Gasteiger partial charge in [-0.15, -0.1) is 0 Å². The molecule has 0 bridgehead atoms. The lowest BCUT2D eigenvalue weighted by molar-refractivity contribution is -0.143. The molecule has 0 unspecified atom stereocenters. The molecule has 0 atom stereocenters. The van der Waals surface area contributed by atoms with E-state index in [-0.39, 0.29) is 12.6 Å². The highest BCUT2D eigenvalue weighted by Crippen LogP contribution is 2.06. The first kappa shape index (κ1) is 9.73. The van der Waals surface area contributed by atoms with Crippen LogP contribution < -0.4 is 4.74 Å². The number of hydrogen-bond donors (Lipinski definition) is 0. The molecule has 0 aliphatic heterocycles. The number of ether oxygens (including phenoxy) is 2. The zero-order valence-electron chi connectivity index (χ0n) is 6.86. The van der Waals surface area contributed by atoms with Crippen LogP contribution in [0.15, 0.2) is 12.4 Å². The number of methoxy groups -OCH3 is 1. The van der Waals surface area contributed by atoms with Crippen LogP contribution in [0, 0.1) is 0 Å². The average Bonchev–Trinajstić information content (AvgIpc) is 2.16. The van der Waals surface area contributed by atoms with Gasteiger partial charge in [-0.05, 0) is 0 Å². The van der Waals surface area contributed by atoms with Crippen molar-refractivity contribution in [2.24, 2.45) is 0 Å². The summed E-state index contributed by atoms with van der Waals surface area (Å²) in [6.45, 7) is -0.210. The Labute approximate surface area is 79.7 Å². The van der Waals surface area contributed by atoms with Gasteiger partial charge in [-0.3, -0.25) is 0 Å². The molecule has 1 aromatic heterocycles. The van der Waals surface area contributed by atoms with Crippen LogP contribution in [0.2, 0.25) is 5.02 Å². The molecule has 1 rings (SSSR count). The molecule has 0 spiro atoms. The second kappa shape index (κ2) is 4.61. The van der Waals surface area contributed by atoms with Crippen LogP contribution in [0.25, 0.3) is 0 Å². The summed E-state index contributed by atoms with van der Waals surface area (Å²) < 4.78 is 9.21. The minimum absolute atomic E-state index is 0.0924. The SMILES string of the molecule is COC(=O)COc1ncc(Cl)cn1. The van der Waals surface area contributed by atoms with Crippen molar-refractivity contribution >= 4 is 17.6 Å². The van der Waals surface area contributed by atoms with Gasteiger partial charge in [0.15, 0.2) is 6.61 Å². The summed E-state index contributed by atoms with van der Waals surface area (Å²) in [5.41, 5.74) is 0. The Kier molecular flexibility index (Phi) is 3.45. The van der Waals surface area contributed by atoms with E-state index in [9.17, 15) is 4.79 Å². The van der Waals surface area contributed by atoms with E-state index in [4.69, 9.17) is 16.3 Å². The average molecular weight is 203 g/mol. The van der Waals surface area contributed by atoms with Gasteiger partial charge >= 0.3 is 12.0 Å². The molecule has 5 nitrogen and oxygen atoms in total. The van der Waals surface area contributed by atoms with E-state index in [1.807, 2.05) is 0 Å². The Morgan fingerprint density at radius 1 is 1.54 bits per heavy atom. The maximum Gasteiger partial charge on any atom is 0.344 e. The topological polar surface area (TPSA) is 61.3 Å². The maximum absolute atomic E-state index is 10.6. The summed E-state index contributed by atoms with van der Waals surface area (Å²) >= 11 is 5.53. The van der Waals surface area contributed by atoms with Crippen molar-refractivity contribution in [1.29, 1.82) is 0 Å². The third-order valence-corrected chi connectivity index (χ3v) is 1.34. The molecule has 0 aromatic carbocycles. The minimum atomic E-state index is -0.487. The van der Waals surface area contributed by atoms with Crippen LogP contribution in [0.5, 0.6) is 6.01 Å². The van der Waals surface area contributed by atoms with E-state index in [1.165, 1.54) is 19.5 Å². The molecule has 0 saturated heterocycles. The lowest BCUT2D eigenvalue weighted by Gasteiger charge is -2.01. The van der Waals surface area contributed by atoms with E-state index in [0.29, 0.717) is 5.02 Å². The molecule has 0 fully saturated rings. The molecule has 1 heterocycles. The number of carbonyl (C=O) groups is 1. The zero-order valence-corrected chi connectivity index (χ0v) is 7.61. The summed E-state index contributed by atoms with van der Waals surface area (Å²) in [5.74, 6) is -0.487. The van der Waals surface area contributed by atoms with Crippen LogP contribution in [-0.2, 0) is 9.53 Å². The number of aromatic nitrogens is 2. The number of halogens is 1. The van der Waals surface area contributed by atoms with Crippen LogP contribution in [0.4, 0.5) is 0 Å². The molecule has 0 saturated carbocycles. The number of rotatable bonds is 3. The molecule has 0 N–H and O–H groups in total. The van der Waals surface area contributed by atoms with Crippen molar-refractivity contribution in [1.82, 2.24) is 9.97 Å². The smallest absolute Gasteiger partial charge is 0.344 e. The van der Waals surface area contributed by atoms with E-state index in [0.717, 1.165) is 0 Å². The first-order chi connectivity index (χ1) is 6.22. The lowest BCUT2D eigenvalue weighted by Crippen LogP contribution is -2.13. The van der Waals surface area contributed by atoms with Gasteiger partial charge in [-0.1, -0.05) is 11.6 Å². The molecule has 13 heavy (non-hydrogen) atoms. The Morgan fingerprint density at radius 2 is 2.15 bits per heavy atom. The molecular weight excluding hydrogens is 196 g/mol. The summed E-state index contributed by atoms with van der Waals surface area (Å²) in [7, 11) is 1.27. The van der Waals surface area contributed by atoms with Gasteiger partial charge in [0.1, 0.15) is 0 Å².